The van der Waals surface area contributed by atoms with E-state index in [9.17, 15) is 0 Å². The Morgan fingerprint density at radius 1 is 1.33 bits per heavy atom. The lowest BCUT2D eigenvalue weighted by molar-refractivity contribution is 0.107. The monoisotopic (exact) mass is 260 g/mol. The van der Waals surface area contributed by atoms with E-state index in [1.807, 2.05) is 24.4 Å². The van der Waals surface area contributed by atoms with E-state index in [0.717, 1.165) is 23.5 Å². The van der Waals surface area contributed by atoms with Crippen LogP contribution in [0.4, 0.5) is 0 Å². The summed E-state index contributed by atoms with van der Waals surface area (Å²) in [6.45, 7) is 2.92. The van der Waals surface area contributed by atoms with Gasteiger partial charge in [0.05, 0.1) is 17.8 Å². The Hall–Kier alpha value is -1.39. The van der Waals surface area contributed by atoms with Gasteiger partial charge in [-0.05, 0) is 31.1 Å². The number of imidazole rings is 1. The zero-order valence-electron chi connectivity index (χ0n) is 10.3. The van der Waals surface area contributed by atoms with Crippen molar-refractivity contribution in [2.45, 2.75) is 25.5 Å². The number of aromatic amines is 1. The van der Waals surface area contributed by atoms with Gasteiger partial charge in [-0.2, -0.15) is 0 Å². The highest BCUT2D eigenvalue weighted by molar-refractivity contribution is 7.71. The Balaban J connectivity index is 2.10. The smallest absolute Gasteiger partial charge is 0.177 e. The van der Waals surface area contributed by atoms with Gasteiger partial charge in [-0.15, -0.1) is 0 Å². The number of hydrogen-bond acceptors (Lipinski definition) is 2. The molecule has 1 saturated heterocycles. The zero-order valence-corrected chi connectivity index (χ0v) is 11.1. The molecule has 18 heavy (non-hydrogen) atoms. The summed E-state index contributed by atoms with van der Waals surface area (Å²) in [5.41, 5.74) is 2.33. The third-order valence-electron chi connectivity index (χ3n) is 3.55. The molecule has 2 aromatic rings. The van der Waals surface area contributed by atoms with E-state index < -0.39 is 0 Å². The van der Waals surface area contributed by atoms with Crippen LogP contribution < -0.4 is 0 Å². The van der Waals surface area contributed by atoms with Crippen molar-refractivity contribution >= 4 is 12.2 Å². The summed E-state index contributed by atoms with van der Waals surface area (Å²) in [5, 5.41) is 0. The van der Waals surface area contributed by atoms with Crippen molar-refractivity contribution in [3.63, 3.8) is 0 Å². The maximum absolute atomic E-state index is 5.65. The number of aromatic nitrogens is 2. The van der Waals surface area contributed by atoms with Gasteiger partial charge in [0, 0.05) is 12.8 Å². The highest BCUT2D eigenvalue weighted by Gasteiger charge is 2.28. The van der Waals surface area contributed by atoms with E-state index in [2.05, 4.69) is 28.6 Å². The minimum Gasteiger partial charge on any atom is -0.376 e. The second-order valence-corrected chi connectivity index (χ2v) is 5.03. The average Bonchev–Trinajstić information content (AvgIpc) is 2.96. The SMILES string of the molecule is CC1OCCC1n1c(-c2ccccc2)c[nH]c1=S. The van der Waals surface area contributed by atoms with Crippen molar-refractivity contribution in [2.24, 2.45) is 0 Å². The van der Waals surface area contributed by atoms with Crippen LogP contribution in [0.25, 0.3) is 11.3 Å². The van der Waals surface area contributed by atoms with E-state index in [-0.39, 0.29) is 6.10 Å². The summed E-state index contributed by atoms with van der Waals surface area (Å²) >= 11 is 5.41. The van der Waals surface area contributed by atoms with Crippen LogP contribution in [0.1, 0.15) is 19.4 Å². The quantitative estimate of drug-likeness (QED) is 0.837. The number of hydrogen-bond donors (Lipinski definition) is 1. The van der Waals surface area contributed by atoms with Crippen LogP contribution in [-0.4, -0.2) is 22.3 Å². The van der Waals surface area contributed by atoms with Gasteiger partial charge < -0.3 is 14.3 Å². The third kappa shape index (κ3) is 1.91. The van der Waals surface area contributed by atoms with E-state index in [1.54, 1.807) is 0 Å². The Morgan fingerprint density at radius 3 is 2.78 bits per heavy atom. The van der Waals surface area contributed by atoms with Crippen LogP contribution in [0.15, 0.2) is 36.5 Å². The topological polar surface area (TPSA) is 29.9 Å². The normalized spacial score (nSPS) is 23.4. The first-order valence-electron chi connectivity index (χ1n) is 6.24. The third-order valence-corrected chi connectivity index (χ3v) is 3.86. The summed E-state index contributed by atoms with van der Waals surface area (Å²) in [7, 11) is 0. The molecule has 0 radical (unpaired) electrons. The molecular formula is C14H16N2OS. The van der Waals surface area contributed by atoms with E-state index >= 15 is 0 Å². The molecule has 0 aliphatic carbocycles. The van der Waals surface area contributed by atoms with E-state index in [0.29, 0.717) is 6.04 Å². The first-order valence-corrected chi connectivity index (χ1v) is 6.65. The number of H-pyrrole nitrogens is 1. The molecule has 2 unspecified atom stereocenters. The molecule has 1 aromatic heterocycles. The first-order chi connectivity index (χ1) is 8.77. The summed E-state index contributed by atoms with van der Waals surface area (Å²) in [6.07, 6.45) is 3.23. The van der Waals surface area contributed by atoms with Crippen LogP contribution in [0, 0.1) is 4.77 Å². The number of rotatable bonds is 2. The first kappa shape index (κ1) is 11.7. The van der Waals surface area contributed by atoms with Gasteiger partial charge in [-0.1, -0.05) is 30.3 Å². The molecule has 3 nitrogen and oxygen atoms in total. The molecular weight excluding hydrogens is 244 g/mol. The largest absolute Gasteiger partial charge is 0.376 e. The lowest BCUT2D eigenvalue weighted by atomic mass is 10.1. The summed E-state index contributed by atoms with van der Waals surface area (Å²) in [5.74, 6) is 0. The van der Waals surface area contributed by atoms with Crippen LogP contribution >= 0.6 is 12.2 Å². The highest BCUT2D eigenvalue weighted by atomic mass is 32.1. The molecule has 3 rings (SSSR count). The lowest BCUT2D eigenvalue weighted by Gasteiger charge is -2.19. The predicted molar refractivity (Wildman–Crippen MR) is 74.1 cm³/mol. The fourth-order valence-electron chi connectivity index (χ4n) is 2.60. The average molecular weight is 260 g/mol. The fourth-order valence-corrected chi connectivity index (χ4v) is 2.89. The highest BCUT2D eigenvalue weighted by Crippen LogP contribution is 2.31. The van der Waals surface area contributed by atoms with Gasteiger partial charge >= 0.3 is 0 Å². The van der Waals surface area contributed by atoms with Crippen molar-refractivity contribution in [3.8, 4) is 11.3 Å². The molecule has 0 saturated carbocycles. The molecule has 1 aliphatic rings. The minimum absolute atomic E-state index is 0.218. The van der Waals surface area contributed by atoms with Crippen LogP contribution in [0.3, 0.4) is 0 Å². The number of nitrogens with zero attached hydrogens (tertiary/aromatic N) is 1. The van der Waals surface area contributed by atoms with Gasteiger partial charge in [0.25, 0.3) is 0 Å². The Bertz CT molecular complexity index is 587. The van der Waals surface area contributed by atoms with Crippen molar-refractivity contribution in [1.82, 2.24) is 9.55 Å². The minimum atomic E-state index is 0.218. The second kappa shape index (κ2) is 4.71. The Labute approximate surface area is 111 Å². The fraction of sp³-hybridized carbons (Fsp3) is 0.357. The summed E-state index contributed by atoms with van der Waals surface area (Å²) in [4.78, 5) is 3.16. The van der Waals surface area contributed by atoms with Crippen molar-refractivity contribution in [3.05, 3.63) is 41.3 Å². The summed E-state index contributed by atoms with van der Waals surface area (Å²) in [6, 6.07) is 10.7. The molecule has 0 amide bonds. The standard InChI is InChI=1S/C14H16N2OS/c1-10-12(7-8-17-10)16-13(9-15-14(16)18)11-5-3-2-4-6-11/h2-6,9-10,12H,7-8H2,1H3,(H,15,18). The number of benzene rings is 1. The van der Waals surface area contributed by atoms with E-state index in [1.165, 1.54) is 5.56 Å². The van der Waals surface area contributed by atoms with Gasteiger partial charge in [0.2, 0.25) is 0 Å². The molecule has 1 aromatic carbocycles. The van der Waals surface area contributed by atoms with Crippen molar-refractivity contribution in [2.75, 3.05) is 6.61 Å². The molecule has 1 aliphatic heterocycles. The van der Waals surface area contributed by atoms with Gasteiger partial charge in [-0.25, -0.2) is 0 Å². The number of nitrogens with one attached hydrogen (secondary N) is 1. The molecule has 2 atom stereocenters. The van der Waals surface area contributed by atoms with Gasteiger partial charge in [0.1, 0.15) is 0 Å². The van der Waals surface area contributed by atoms with Crippen LogP contribution in [0.2, 0.25) is 0 Å². The van der Waals surface area contributed by atoms with Crippen LogP contribution in [-0.2, 0) is 4.74 Å². The van der Waals surface area contributed by atoms with E-state index in [4.69, 9.17) is 17.0 Å². The lowest BCUT2D eigenvalue weighted by Crippen LogP contribution is -2.17. The molecule has 0 spiro atoms. The molecule has 94 valence electrons. The molecule has 0 bridgehead atoms. The van der Waals surface area contributed by atoms with Crippen molar-refractivity contribution in [1.29, 1.82) is 0 Å². The van der Waals surface area contributed by atoms with Crippen LogP contribution in [0.5, 0.6) is 0 Å². The van der Waals surface area contributed by atoms with Gasteiger partial charge in [0.15, 0.2) is 4.77 Å². The Kier molecular flexibility index (Phi) is 3.06. The molecule has 1 N–H and O–H groups in total. The Morgan fingerprint density at radius 2 is 2.11 bits per heavy atom. The second-order valence-electron chi connectivity index (χ2n) is 4.65. The maximum Gasteiger partial charge on any atom is 0.177 e. The molecule has 1 fully saturated rings. The summed E-state index contributed by atoms with van der Waals surface area (Å²) < 4.78 is 8.63. The maximum atomic E-state index is 5.65. The van der Waals surface area contributed by atoms with Gasteiger partial charge in [-0.3, -0.25) is 0 Å². The zero-order chi connectivity index (χ0) is 12.5. The molecule has 2 heterocycles. The predicted octanol–water partition coefficient (Wildman–Crippen LogP) is 3.56. The number of ether oxygens (including phenoxy) is 1. The van der Waals surface area contributed by atoms with Crippen molar-refractivity contribution < 1.29 is 4.74 Å². The molecule has 4 heteroatoms.